The third-order valence-corrected chi connectivity index (χ3v) is 3.59. The largest absolute Gasteiger partial charge is 0.507 e. The zero-order chi connectivity index (χ0) is 15.7. The average Bonchev–Trinajstić information content (AvgIpc) is 2.55. The molecule has 0 saturated carbocycles. The van der Waals surface area contributed by atoms with Crippen LogP contribution in [0.25, 0.3) is 21.9 Å². The van der Waals surface area contributed by atoms with Gasteiger partial charge >= 0.3 is 0 Å². The summed E-state index contributed by atoms with van der Waals surface area (Å²) in [5.41, 5.74) is 1.80. The first-order valence-electron chi connectivity index (χ1n) is 6.77. The van der Waals surface area contributed by atoms with Crippen molar-refractivity contribution in [2.24, 2.45) is 0 Å². The first-order chi connectivity index (χ1) is 10.6. The first kappa shape index (κ1) is 13.9. The Balaban J connectivity index is 2.21. The molecule has 22 heavy (non-hydrogen) atoms. The predicted molar refractivity (Wildman–Crippen MR) is 85.1 cm³/mol. The number of pyridine rings is 1. The van der Waals surface area contributed by atoms with Crippen molar-refractivity contribution in [1.29, 1.82) is 0 Å². The van der Waals surface area contributed by atoms with E-state index in [0.29, 0.717) is 21.9 Å². The van der Waals surface area contributed by atoms with Gasteiger partial charge in [0, 0.05) is 29.8 Å². The molecule has 0 fully saturated rings. The Bertz CT molecular complexity index is 911. The van der Waals surface area contributed by atoms with Crippen molar-refractivity contribution in [3.63, 3.8) is 0 Å². The Kier molecular flexibility index (Phi) is 3.39. The molecule has 0 aliphatic carbocycles. The average molecular weight is 294 g/mol. The van der Waals surface area contributed by atoms with Gasteiger partial charge in [0.15, 0.2) is 0 Å². The van der Waals surface area contributed by atoms with E-state index in [4.69, 9.17) is 0 Å². The van der Waals surface area contributed by atoms with Gasteiger partial charge in [-0.25, -0.2) is 0 Å². The van der Waals surface area contributed by atoms with E-state index in [1.807, 2.05) is 0 Å². The van der Waals surface area contributed by atoms with Crippen LogP contribution < -0.4 is 10.9 Å². The lowest BCUT2D eigenvalue weighted by Crippen LogP contribution is -2.17. The van der Waals surface area contributed by atoms with E-state index in [1.54, 1.807) is 55.7 Å². The Morgan fingerprint density at radius 2 is 1.86 bits per heavy atom. The molecular weight excluding hydrogens is 280 g/mol. The highest BCUT2D eigenvalue weighted by Crippen LogP contribution is 2.32. The SMILES string of the molecule is CNC(=O)c1ccc(-c2c[nH]c(=O)c3cccc(O)c23)cc1. The number of rotatable bonds is 2. The maximum atomic E-state index is 11.9. The minimum Gasteiger partial charge on any atom is -0.507 e. The van der Waals surface area contributed by atoms with Crippen LogP contribution in [-0.4, -0.2) is 23.0 Å². The number of phenols is 1. The highest BCUT2D eigenvalue weighted by atomic mass is 16.3. The fourth-order valence-electron chi connectivity index (χ4n) is 2.47. The molecule has 110 valence electrons. The number of aromatic nitrogens is 1. The van der Waals surface area contributed by atoms with Gasteiger partial charge in [0.1, 0.15) is 5.75 Å². The first-order valence-corrected chi connectivity index (χ1v) is 6.77. The Labute approximate surface area is 126 Å². The lowest BCUT2D eigenvalue weighted by molar-refractivity contribution is 0.0963. The molecular formula is C17H14N2O3. The van der Waals surface area contributed by atoms with E-state index in [-0.39, 0.29) is 17.2 Å². The van der Waals surface area contributed by atoms with Crippen LogP contribution in [0.2, 0.25) is 0 Å². The number of hydrogen-bond donors (Lipinski definition) is 3. The number of carbonyl (C=O) groups excluding carboxylic acids is 1. The van der Waals surface area contributed by atoms with Crippen LogP contribution >= 0.6 is 0 Å². The number of aromatic hydroxyl groups is 1. The molecule has 0 bridgehead atoms. The van der Waals surface area contributed by atoms with Crippen molar-refractivity contribution in [2.75, 3.05) is 7.05 Å². The van der Waals surface area contributed by atoms with Crippen LogP contribution in [0.1, 0.15) is 10.4 Å². The summed E-state index contributed by atoms with van der Waals surface area (Å²) in [6.07, 6.45) is 1.57. The predicted octanol–water partition coefficient (Wildman–Crippen LogP) is 2.26. The van der Waals surface area contributed by atoms with Gasteiger partial charge < -0.3 is 15.4 Å². The third kappa shape index (κ3) is 2.22. The molecule has 0 spiro atoms. The van der Waals surface area contributed by atoms with Crippen molar-refractivity contribution >= 4 is 16.7 Å². The van der Waals surface area contributed by atoms with Gasteiger partial charge in [0.25, 0.3) is 11.5 Å². The topological polar surface area (TPSA) is 82.2 Å². The Morgan fingerprint density at radius 1 is 1.14 bits per heavy atom. The molecule has 3 rings (SSSR count). The molecule has 3 N–H and O–H groups in total. The fourth-order valence-corrected chi connectivity index (χ4v) is 2.47. The standard InChI is InChI=1S/C17H14N2O3/c1-18-16(21)11-7-5-10(6-8-11)13-9-19-17(22)12-3-2-4-14(20)15(12)13/h2-9,20H,1H3,(H,18,21)(H,19,22). The van der Waals surface area contributed by atoms with E-state index in [9.17, 15) is 14.7 Å². The van der Waals surface area contributed by atoms with Gasteiger partial charge in [-0.15, -0.1) is 0 Å². The van der Waals surface area contributed by atoms with Crippen LogP contribution in [0.4, 0.5) is 0 Å². The summed E-state index contributed by atoms with van der Waals surface area (Å²) in [5, 5.41) is 13.6. The molecule has 3 aromatic rings. The van der Waals surface area contributed by atoms with E-state index in [1.165, 1.54) is 0 Å². The Morgan fingerprint density at radius 3 is 2.55 bits per heavy atom. The minimum atomic E-state index is -0.253. The normalized spacial score (nSPS) is 10.6. The molecule has 0 radical (unpaired) electrons. The second kappa shape index (κ2) is 5.37. The molecule has 0 atom stereocenters. The van der Waals surface area contributed by atoms with Crippen molar-refractivity contribution in [3.05, 3.63) is 64.6 Å². The number of fused-ring (bicyclic) bond motifs is 1. The van der Waals surface area contributed by atoms with Crippen LogP contribution in [0, 0.1) is 0 Å². The number of amides is 1. The zero-order valence-electron chi connectivity index (χ0n) is 11.9. The molecule has 1 heterocycles. The summed E-state index contributed by atoms with van der Waals surface area (Å²) in [6.45, 7) is 0. The van der Waals surface area contributed by atoms with Crippen molar-refractivity contribution in [1.82, 2.24) is 10.3 Å². The summed E-state index contributed by atoms with van der Waals surface area (Å²) in [6, 6.07) is 11.8. The molecule has 1 amide bonds. The highest BCUT2D eigenvalue weighted by molar-refractivity contribution is 6.00. The minimum absolute atomic E-state index is 0.0500. The fraction of sp³-hybridized carbons (Fsp3) is 0.0588. The van der Waals surface area contributed by atoms with Gasteiger partial charge in [0.05, 0.1) is 5.39 Å². The van der Waals surface area contributed by atoms with Crippen molar-refractivity contribution < 1.29 is 9.90 Å². The summed E-state index contributed by atoms with van der Waals surface area (Å²) >= 11 is 0. The molecule has 2 aromatic carbocycles. The summed E-state index contributed by atoms with van der Waals surface area (Å²) in [7, 11) is 1.57. The number of carbonyl (C=O) groups is 1. The monoisotopic (exact) mass is 294 g/mol. The zero-order valence-corrected chi connectivity index (χ0v) is 11.9. The third-order valence-electron chi connectivity index (χ3n) is 3.59. The smallest absolute Gasteiger partial charge is 0.255 e. The second-order valence-corrected chi connectivity index (χ2v) is 4.89. The van der Waals surface area contributed by atoms with E-state index in [2.05, 4.69) is 10.3 Å². The van der Waals surface area contributed by atoms with Crippen LogP contribution in [0.5, 0.6) is 5.75 Å². The molecule has 1 aromatic heterocycles. The number of nitrogens with one attached hydrogen (secondary N) is 2. The second-order valence-electron chi connectivity index (χ2n) is 4.89. The van der Waals surface area contributed by atoms with Gasteiger partial charge in [-0.1, -0.05) is 18.2 Å². The van der Waals surface area contributed by atoms with Gasteiger partial charge in [-0.2, -0.15) is 0 Å². The maximum Gasteiger partial charge on any atom is 0.255 e. The Hall–Kier alpha value is -3.08. The quantitative estimate of drug-likeness (QED) is 0.678. The van der Waals surface area contributed by atoms with Gasteiger partial charge in [-0.3, -0.25) is 9.59 Å². The molecule has 0 aliphatic heterocycles. The number of hydrogen-bond acceptors (Lipinski definition) is 3. The lowest BCUT2D eigenvalue weighted by atomic mass is 9.99. The summed E-state index contributed by atoms with van der Waals surface area (Å²) in [4.78, 5) is 26.1. The number of H-pyrrole nitrogens is 1. The number of benzene rings is 2. The number of phenolic OH excluding ortho intramolecular Hbond substituents is 1. The van der Waals surface area contributed by atoms with Crippen LogP contribution in [0.3, 0.4) is 0 Å². The highest BCUT2D eigenvalue weighted by Gasteiger charge is 2.11. The van der Waals surface area contributed by atoms with E-state index in [0.717, 1.165) is 5.56 Å². The molecule has 5 nitrogen and oxygen atoms in total. The summed E-state index contributed by atoms with van der Waals surface area (Å²) in [5.74, 6) is -0.116. The van der Waals surface area contributed by atoms with Gasteiger partial charge in [-0.05, 0) is 29.8 Å². The van der Waals surface area contributed by atoms with Crippen molar-refractivity contribution in [2.45, 2.75) is 0 Å². The maximum absolute atomic E-state index is 11.9. The van der Waals surface area contributed by atoms with Crippen molar-refractivity contribution in [3.8, 4) is 16.9 Å². The number of aromatic amines is 1. The van der Waals surface area contributed by atoms with Gasteiger partial charge in [0.2, 0.25) is 0 Å². The van der Waals surface area contributed by atoms with E-state index < -0.39 is 0 Å². The molecule has 0 unspecified atom stereocenters. The lowest BCUT2D eigenvalue weighted by Gasteiger charge is -2.09. The van der Waals surface area contributed by atoms with E-state index >= 15 is 0 Å². The molecule has 0 aliphatic rings. The van der Waals surface area contributed by atoms with Crippen LogP contribution in [-0.2, 0) is 0 Å². The molecule has 0 saturated heterocycles. The van der Waals surface area contributed by atoms with Crippen LogP contribution in [0.15, 0.2) is 53.5 Å². The summed E-state index contributed by atoms with van der Waals surface area (Å²) < 4.78 is 0. The molecule has 5 heteroatoms.